The van der Waals surface area contributed by atoms with Crippen molar-refractivity contribution in [3.63, 3.8) is 0 Å². The number of hydrogen-bond donors (Lipinski definition) is 0. The van der Waals surface area contributed by atoms with Crippen LogP contribution in [-0.4, -0.2) is 0 Å². The summed E-state index contributed by atoms with van der Waals surface area (Å²) in [5, 5.41) is 1.99. The molecule has 0 aromatic heterocycles. The van der Waals surface area contributed by atoms with Crippen molar-refractivity contribution in [3.8, 4) is 34.1 Å². The zero-order valence-electron chi connectivity index (χ0n) is 49.9. The molecule has 398 valence electrons. The van der Waals surface area contributed by atoms with Gasteiger partial charge >= 0.3 is 16.8 Å². The van der Waals surface area contributed by atoms with E-state index in [-0.39, 0.29) is 37.9 Å². The van der Waals surface area contributed by atoms with Crippen LogP contribution in [0.5, 0.6) is 23.0 Å². The minimum absolute atomic E-state index is 0.00135. The molecular weight excluding hydrogens is 943 g/mol. The Morgan fingerprint density at radius 2 is 0.568 bits per heavy atom. The molecule has 0 aliphatic rings. The van der Waals surface area contributed by atoms with Crippen molar-refractivity contribution < 1.29 is 18.1 Å². The average molecular weight is 1040 g/mol. The number of hydrogen-bond acceptors (Lipinski definition) is 4. The van der Waals surface area contributed by atoms with E-state index < -0.39 is 16.8 Å². The van der Waals surface area contributed by atoms with Crippen LogP contribution in [0, 0.1) is 5.92 Å². The van der Waals surface area contributed by atoms with E-state index >= 15 is 0 Å². The lowest BCUT2D eigenvalue weighted by molar-refractivity contribution is 0.466. The Balaban J connectivity index is 1.42. The highest BCUT2D eigenvalue weighted by Gasteiger charge is 2.32. The van der Waals surface area contributed by atoms with Gasteiger partial charge in [0.05, 0.1) is 10.6 Å². The predicted molar refractivity (Wildman–Crippen MR) is 323 cm³/mol. The largest absolute Gasteiger partial charge is 0.435 e. The quantitative estimate of drug-likeness (QED) is 0.108. The van der Waals surface area contributed by atoms with Gasteiger partial charge in [0.25, 0.3) is 0 Å². The maximum Gasteiger partial charge on any atom is 0.326 e. The molecule has 0 aliphatic heterocycles. The maximum absolute atomic E-state index is 7.20. The lowest BCUT2D eigenvalue weighted by Gasteiger charge is -2.30. The second-order valence-electron chi connectivity index (χ2n) is 28.3. The molecule has 0 N–H and O–H groups in total. The van der Waals surface area contributed by atoms with Crippen LogP contribution in [0.15, 0.2) is 121 Å². The molecule has 0 heterocycles. The second kappa shape index (κ2) is 21.8. The van der Waals surface area contributed by atoms with Crippen molar-refractivity contribution in [2.75, 3.05) is 0 Å². The Morgan fingerprint density at radius 3 is 0.824 bits per heavy atom. The lowest BCUT2D eigenvalue weighted by Crippen LogP contribution is -2.20. The van der Waals surface area contributed by atoms with Crippen molar-refractivity contribution in [1.82, 2.24) is 0 Å². The first-order chi connectivity index (χ1) is 33.9. The van der Waals surface area contributed by atoms with E-state index in [0.717, 1.165) is 51.2 Å². The third-order valence-corrected chi connectivity index (χ3v) is 16.6. The van der Waals surface area contributed by atoms with Crippen LogP contribution in [0.2, 0.25) is 0 Å². The van der Waals surface area contributed by atoms with Gasteiger partial charge in [-0.15, -0.1) is 0 Å². The summed E-state index contributed by atoms with van der Waals surface area (Å²) >= 11 is 0. The molecule has 0 bridgehead atoms. The first kappa shape index (κ1) is 58.6. The zero-order valence-corrected chi connectivity index (χ0v) is 51.6. The van der Waals surface area contributed by atoms with Gasteiger partial charge < -0.3 is 18.1 Å². The summed E-state index contributed by atoms with van der Waals surface area (Å²) in [5.74, 6) is 3.89. The Morgan fingerprint density at radius 1 is 0.311 bits per heavy atom. The normalized spacial score (nSPS) is 13.6. The van der Waals surface area contributed by atoms with E-state index in [0.29, 0.717) is 5.92 Å². The van der Waals surface area contributed by atoms with Gasteiger partial charge in [-0.3, -0.25) is 0 Å². The molecule has 0 spiro atoms. The summed E-state index contributed by atoms with van der Waals surface area (Å²) in [4.78, 5) is 0. The van der Waals surface area contributed by atoms with Gasteiger partial charge in [0.1, 0.15) is 23.0 Å². The van der Waals surface area contributed by atoms with E-state index in [1.165, 1.54) is 44.5 Å². The number of benzene rings is 6. The van der Waals surface area contributed by atoms with E-state index in [1.54, 1.807) is 0 Å². The molecule has 6 heteroatoms. The van der Waals surface area contributed by atoms with Crippen LogP contribution in [0.4, 0.5) is 0 Å². The first-order valence-electron chi connectivity index (χ1n) is 27.0. The third-order valence-electron chi connectivity index (χ3n) is 13.7. The van der Waals surface area contributed by atoms with Gasteiger partial charge in [-0.05, 0) is 138 Å². The van der Waals surface area contributed by atoms with Gasteiger partial charge in [-0.1, -0.05) is 232 Å². The fraction of sp³-hybridized carbons (Fsp3) is 0.471. The van der Waals surface area contributed by atoms with E-state index in [2.05, 4.69) is 281 Å². The summed E-state index contributed by atoms with van der Waals surface area (Å²) in [6.07, 6.45) is 0.908. The van der Waals surface area contributed by atoms with Crippen molar-refractivity contribution >= 4 is 27.4 Å². The zero-order chi connectivity index (χ0) is 55.1. The van der Waals surface area contributed by atoms with Crippen molar-refractivity contribution in [3.05, 3.63) is 166 Å². The fourth-order valence-corrected chi connectivity index (χ4v) is 11.5. The molecule has 0 amide bonds. The van der Waals surface area contributed by atoms with Crippen LogP contribution in [0.1, 0.15) is 204 Å². The minimum atomic E-state index is -1.62. The topological polar surface area (TPSA) is 36.9 Å². The Hall–Kier alpha value is -4.62. The maximum atomic E-state index is 7.20. The molecule has 4 nitrogen and oxygen atoms in total. The summed E-state index contributed by atoms with van der Waals surface area (Å²) in [6.45, 7) is 52.1. The molecule has 0 fully saturated rings. The van der Waals surface area contributed by atoms with E-state index in [4.69, 9.17) is 18.1 Å². The summed E-state index contributed by atoms with van der Waals surface area (Å²) in [7, 11) is -3.23. The molecule has 6 aromatic rings. The SMILES string of the molecule is CC(C)Cc1cc(C(C)(C)C)ccc1OP(Oc1ccc(C(C)(C)C)cc1C(C)(C)C)c1ccc(-c2ccc(P(Oc3ccc(C(C)(C)C)cc3C(C)(C)C)Oc3ccc(C(C)(C)C)cc3C(C)(C)C)cc2)cc1. The van der Waals surface area contributed by atoms with Crippen LogP contribution < -0.4 is 28.7 Å². The van der Waals surface area contributed by atoms with Gasteiger partial charge in [0.15, 0.2) is 0 Å². The highest BCUT2D eigenvalue weighted by molar-refractivity contribution is 7.57. The Kier molecular flexibility index (Phi) is 17.3. The van der Waals surface area contributed by atoms with Crippen molar-refractivity contribution in [2.24, 2.45) is 5.92 Å². The molecule has 0 aliphatic carbocycles. The molecule has 6 aromatic carbocycles. The lowest BCUT2D eigenvalue weighted by atomic mass is 9.80. The Bertz CT molecular complexity index is 2780. The molecular formula is C68H92O4P2. The number of rotatable bonds is 13. The summed E-state index contributed by atoms with van der Waals surface area (Å²) < 4.78 is 28.8. The minimum Gasteiger partial charge on any atom is -0.435 e. The van der Waals surface area contributed by atoms with Crippen molar-refractivity contribution in [1.29, 1.82) is 0 Å². The second-order valence-corrected chi connectivity index (χ2v) is 31.1. The predicted octanol–water partition coefficient (Wildman–Crippen LogP) is 19.8. The van der Waals surface area contributed by atoms with E-state index in [9.17, 15) is 0 Å². The standard InChI is InChI=1S/C68H92O4P2/c1-45(2)40-48-41-49(62(3,4)5)28-36-58(48)69-73(70-59-37-29-50(63(6,7)8)42-55(59)66(15,16)17)53-32-24-46(25-33-53)47-26-34-54(35-27-47)74(71-60-38-30-51(64(9,10)11)43-56(60)67(18,19)20)72-61-39-31-52(65(12,13)14)44-57(61)68(21,22)23/h24-39,41-45H,40H2,1-23H3. The molecule has 0 saturated carbocycles. The summed E-state index contributed by atoms with van der Waals surface area (Å²) in [6, 6.07) is 44.4. The average Bonchev–Trinajstić information content (AvgIpc) is 3.27. The Labute approximate surface area is 452 Å². The highest BCUT2D eigenvalue weighted by atomic mass is 31.2. The first-order valence-corrected chi connectivity index (χ1v) is 29.4. The molecule has 0 saturated heterocycles. The van der Waals surface area contributed by atoms with Gasteiger partial charge in [-0.25, -0.2) is 0 Å². The third kappa shape index (κ3) is 14.9. The van der Waals surface area contributed by atoms with Crippen molar-refractivity contribution in [2.45, 2.75) is 204 Å². The molecule has 1 unspecified atom stereocenters. The van der Waals surface area contributed by atoms with Gasteiger partial charge in [0.2, 0.25) is 0 Å². The van der Waals surface area contributed by atoms with Crippen LogP contribution >= 0.6 is 16.8 Å². The molecule has 1 atom stereocenters. The summed E-state index contributed by atoms with van der Waals surface area (Å²) in [5.41, 5.74) is 11.6. The monoisotopic (exact) mass is 1030 g/mol. The van der Waals surface area contributed by atoms with Gasteiger partial charge in [-0.2, -0.15) is 0 Å². The van der Waals surface area contributed by atoms with Crippen LogP contribution in [0.25, 0.3) is 11.1 Å². The van der Waals surface area contributed by atoms with E-state index in [1.807, 2.05) is 0 Å². The van der Waals surface area contributed by atoms with Crippen LogP contribution in [0.3, 0.4) is 0 Å². The molecule has 6 rings (SSSR count). The van der Waals surface area contributed by atoms with Gasteiger partial charge in [0, 0.05) is 16.7 Å². The van der Waals surface area contributed by atoms with Crippen LogP contribution in [-0.2, 0) is 44.3 Å². The highest BCUT2D eigenvalue weighted by Crippen LogP contribution is 2.49. The molecule has 74 heavy (non-hydrogen) atoms. The smallest absolute Gasteiger partial charge is 0.326 e. The molecule has 0 radical (unpaired) electrons. The fourth-order valence-electron chi connectivity index (χ4n) is 8.88.